The second-order valence-electron chi connectivity index (χ2n) is 3.35. The summed E-state index contributed by atoms with van der Waals surface area (Å²) in [6.07, 6.45) is 1.98. The third-order valence-corrected chi connectivity index (χ3v) is 5.16. The summed E-state index contributed by atoms with van der Waals surface area (Å²) < 4.78 is 1.18. The number of oxime groups is 1. The summed E-state index contributed by atoms with van der Waals surface area (Å²) in [7, 11) is 0. The average Bonchev–Trinajstić information content (AvgIpc) is 2.90. The van der Waals surface area contributed by atoms with E-state index in [1.54, 1.807) is 34.9 Å². The molecule has 0 spiro atoms. The molecule has 0 fully saturated rings. The topological polar surface area (TPSA) is 58.6 Å². The lowest BCUT2D eigenvalue weighted by atomic mass is 10.2. The summed E-state index contributed by atoms with van der Waals surface area (Å²) in [5.74, 6) is 0.152. The molecule has 2 aromatic rings. The van der Waals surface area contributed by atoms with Crippen LogP contribution < -0.4 is 5.73 Å². The summed E-state index contributed by atoms with van der Waals surface area (Å²) in [5.41, 5.74) is 6.57. The van der Waals surface area contributed by atoms with Gasteiger partial charge in [-0.05, 0) is 29.8 Å². The van der Waals surface area contributed by atoms with Gasteiger partial charge in [-0.3, -0.25) is 0 Å². The Balaban J connectivity index is 2.46. The van der Waals surface area contributed by atoms with E-state index in [-0.39, 0.29) is 5.84 Å². The van der Waals surface area contributed by atoms with Crippen molar-refractivity contribution in [1.29, 1.82) is 0 Å². The van der Waals surface area contributed by atoms with Crippen molar-refractivity contribution in [3.05, 3.63) is 41.3 Å². The van der Waals surface area contributed by atoms with Gasteiger partial charge in [0, 0.05) is 15.4 Å². The number of thiophene rings is 1. The van der Waals surface area contributed by atoms with E-state index in [4.69, 9.17) is 10.9 Å². The second-order valence-corrected chi connectivity index (χ2v) is 6.49. The van der Waals surface area contributed by atoms with E-state index in [9.17, 15) is 0 Å². The molecule has 0 aliphatic rings. The van der Waals surface area contributed by atoms with Crippen molar-refractivity contribution in [2.45, 2.75) is 14.0 Å². The fourth-order valence-electron chi connectivity index (χ4n) is 1.50. The first-order valence-electron chi connectivity index (χ1n) is 5.12. The van der Waals surface area contributed by atoms with Gasteiger partial charge in [-0.2, -0.15) is 0 Å². The predicted molar refractivity (Wildman–Crippen MR) is 79.2 cm³/mol. The standard InChI is InChI=1S/C12H12N2OS3/c1-16-8-4-2-5-9(11(8)12(13)14-15)18-10-6-3-7-17-10/h2-7,15H,1H3,(H2,13,14). The minimum Gasteiger partial charge on any atom is -0.409 e. The van der Waals surface area contributed by atoms with Crippen LogP contribution in [0.4, 0.5) is 0 Å². The third-order valence-electron chi connectivity index (χ3n) is 2.28. The van der Waals surface area contributed by atoms with Gasteiger partial charge in [0.2, 0.25) is 0 Å². The van der Waals surface area contributed by atoms with Gasteiger partial charge < -0.3 is 10.9 Å². The number of nitrogens with two attached hydrogens (primary N) is 1. The van der Waals surface area contributed by atoms with Gasteiger partial charge in [0.05, 0.1) is 4.21 Å². The summed E-state index contributed by atoms with van der Waals surface area (Å²) in [6.45, 7) is 0. The Labute approximate surface area is 118 Å². The first kappa shape index (κ1) is 13.3. The number of hydrogen-bond acceptors (Lipinski definition) is 5. The summed E-state index contributed by atoms with van der Waals surface area (Å²) in [6, 6.07) is 10.00. The van der Waals surface area contributed by atoms with Gasteiger partial charge in [0.1, 0.15) is 0 Å². The Morgan fingerprint density at radius 1 is 1.28 bits per heavy atom. The third kappa shape index (κ3) is 2.82. The van der Waals surface area contributed by atoms with E-state index in [0.717, 1.165) is 15.4 Å². The maximum atomic E-state index is 8.91. The van der Waals surface area contributed by atoms with E-state index in [1.165, 1.54) is 4.21 Å². The number of amidine groups is 1. The fourth-order valence-corrected chi connectivity index (χ4v) is 4.10. The smallest absolute Gasteiger partial charge is 0.172 e. The molecule has 6 heteroatoms. The molecule has 0 bridgehead atoms. The van der Waals surface area contributed by atoms with Gasteiger partial charge in [-0.25, -0.2) is 0 Å². The quantitative estimate of drug-likeness (QED) is 0.297. The molecule has 94 valence electrons. The molecule has 0 saturated heterocycles. The van der Waals surface area contributed by atoms with Gasteiger partial charge in [0.25, 0.3) is 0 Å². The molecule has 0 aliphatic heterocycles. The van der Waals surface area contributed by atoms with Crippen LogP contribution in [-0.4, -0.2) is 17.3 Å². The van der Waals surface area contributed by atoms with Crippen molar-refractivity contribution < 1.29 is 5.21 Å². The molecule has 3 nitrogen and oxygen atoms in total. The Morgan fingerprint density at radius 3 is 2.67 bits per heavy atom. The lowest BCUT2D eigenvalue weighted by Crippen LogP contribution is -2.15. The highest BCUT2D eigenvalue weighted by Crippen LogP contribution is 2.36. The van der Waals surface area contributed by atoms with Crippen LogP contribution in [0.5, 0.6) is 0 Å². The Kier molecular flexibility index (Phi) is 4.57. The molecule has 0 amide bonds. The number of rotatable bonds is 4. The zero-order chi connectivity index (χ0) is 13.0. The lowest BCUT2D eigenvalue weighted by Gasteiger charge is -2.10. The molecule has 1 aromatic heterocycles. The molecule has 2 rings (SSSR count). The van der Waals surface area contributed by atoms with Crippen LogP contribution in [0, 0.1) is 0 Å². The molecule has 0 aliphatic carbocycles. The first-order valence-corrected chi connectivity index (χ1v) is 8.04. The summed E-state index contributed by atoms with van der Waals surface area (Å²) >= 11 is 4.88. The van der Waals surface area contributed by atoms with Crippen molar-refractivity contribution in [2.75, 3.05) is 6.26 Å². The normalized spacial score (nSPS) is 11.7. The number of thioether (sulfide) groups is 1. The van der Waals surface area contributed by atoms with Gasteiger partial charge in [0.15, 0.2) is 5.84 Å². The minimum absolute atomic E-state index is 0.152. The highest BCUT2D eigenvalue weighted by molar-refractivity contribution is 8.01. The van der Waals surface area contributed by atoms with E-state index in [1.807, 2.05) is 35.9 Å². The van der Waals surface area contributed by atoms with Gasteiger partial charge >= 0.3 is 0 Å². The highest BCUT2D eigenvalue weighted by Gasteiger charge is 2.13. The molecule has 18 heavy (non-hydrogen) atoms. The Bertz CT molecular complexity index is 552. The van der Waals surface area contributed by atoms with Gasteiger partial charge in [-0.1, -0.05) is 29.1 Å². The zero-order valence-corrected chi connectivity index (χ0v) is 12.1. The molecule has 0 saturated carbocycles. The largest absolute Gasteiger partial charge is 0.409 e. The lowest BCUT2D eigenvalue weighted by molar-refractivity contribution is 0.318. The Morgan fingerprint density at radius 2 is 2.06 bits per heavy atom. The van der Waals surface area contributed by atoms with Crippen LogP contribution in [0.2, 0.25) is 0 Å². The molecule has 3 N–H and O–H groups in total. The number of hydrogen-bond donors (Lipinski definition) is 2. The van der Waals surface area contributed by atoms with E-state index in [0.29, 0.717) is 0 Å². The first-order chi connectivity index (χ1) is 8.76. The average molecular weight is 296 g/mol. The highest BCUT2D eigenvalue weighted by atomic mass is 32.2. The molecule has 1 aromatic carbocycles. The van der Waals surface area contributed by atoms with Crippen LogP contribution >= 0.6 is 34.9 Å². The van der Waals surface area contributed by atoms with Crippen molar-refractivity contribution in [2.24, 2.45) is 10.9 Å². The molecular weight excluding hydrogens is 284 g/mol. The molecular formula is C12H12N2OS3. The van der Waals surface area contributed by atoms with Crippen LogP contribution in [0.25, 0.3) is 0 Å². The van der Waals surface area contributed by atoms with E-state index in [2.05, 4.69) is 11.2 Å². The summed E-state index contributed by atoms with van der Waals surface area (Å²) in [5, 5.41) is 14.1. The van der Waals surface area contributed by atoms with E-state index < -0.39 is 0 Å². The number of benzene rings is 1. The SMILES string of the molecule is CSc1cccc(Sc2cccs2)c1/C(N)=N/O. The van der Waals surface area contributed by atoms with E-state index >= 15 is 0 Å². The fraction of sp³-hybridized carbons (Fsp3) is 0.0833. The maximum Gasteiger partial charge on any atom is 0.172 e. The minimum atomic E-state index is 0.152. The molecule has 0 radical (unpaired) electrons. The van der Waals surface area contributed by atoms with Crippen LogP contribution in [-0.2, 0) is 0 Å². The van der Waals surface area contributed by atoms with Crippen molar-refractivity contribution in [1.82, 2.24) is 0 Å². The van der Waals surface area contributed by atoms with Crippen molar-refractivity contribution in [3.63, 3.8) is 0 Å². The molecule has 0 unspecified atom stereocenters. The zero-order valence-electron chi connectivity index (χ0n) is 9.66. The van der Waals surface area contributed by atoms with Crippen LogP contribution in [0.3, 0.4) is 0 Å². The second kappa shape index (κ2) is 6.17. The molecule has 0 atom stereocenters. The summed E-state index contributed by atoms with van der Waals surface area (Å²) in [4.78, 5) is 2.01. The number of nitrogens with zero attached hydrogens (tertiary/aromatic N) is 1. The van der Waals surface area contributed by atoms with Crippen LogP contribution in [0.15, 0.2) is 54.9 Å². The maximum absolute atomic E-state index is 8.91. The predicted octanol–water partition coefficient (Wildman–Crippen LogP) is 3.72. The Hall–Kier alpha value is -1.11. The van der Waals surface area contributed by atoms with Gasteiger partial charge in [-0.15, -0.1) is 23.1 Å². The molecule has 1 heterocycles. The van der Waals surface area contributed by atoms with Crippen molar-refractivity contribution in [3.8, 4) is 0 Å². The van der Waals surface area contributed by atoms with Crippen molar-refractivity contribution >= 4 is 40.7 Å². The van der Waals surface area contributed by atoms with Crippen LogP contribution in [0.1, 0.15) is 5.56 Å². The monoisotopic (exact) mass is 296 g/mol.